The van der Waals surface area contributed by atoms with E-state index in [9.17, 15) is 68.7 Å². The summed E-state index contributed by atoms with van der Waals surface area (Å²) >= 11 is 0. The highest BCUT2D eigenvalue weighted by Crippen LogP contribution is 2.36. The van der Waals surface area contributed by atoms with Crippen molar-refractivity contribution in [3.8, 4) is 11.5 Å². The molecular weight excluding hydrogens is 829 g/mol. The van der Waals surface area contributed by atoms with Crippen LogP contribution in [0.25, 0.3) is 21.5 Å². The molecule has 0 saturated carbocycles. The fourth-order valence-electron chi connectivity index (χ4n) is 5.64. The van der Waals surface area contributed by atoms with Crippen LogP contribution >= 0.6 is 0 Å². The molecule has 0 saturated heterocycles. The van der Waals surface area contributed by atoms with Crippen LogP contribution in [0.3, 0.4) is 0 Å². The van der Waals surface area contributed by atoms with Crippen molar-refractivity contribution in [3.63, 3.8) is 0 Å². The summed E-state index contributed by atoms with van der Waals surface area (Å²) in [6.07, 6.45) is 0. The van der Waals surface area contributed by atoms with Crippen LogP contribution in [0.5, 0.6) is 11.5 Å². The van der Waals surface area contributed by atoms with Crippen LogP contribution in [0.2, 0.25) is 0 Å². The Kier molecular flexibility index (Phi) is 9.77. The molecule has 5 rings (SSSR count). The van der Waals surface area contributed by atoms with Gasteiger partial charge in [0.15, 0.2) is 0 Å². The van der Waals surface area contributed by atoms with Gasteiger partial charge in [0.05, 0.1) is 9.79 Å². The van der Waals surface area contributed by atoms with Gasteiger partial charge in [0, 0.05) is 10.8 Å². The van der Waals surface area contributed by atoms with Crippen molar-refractivity contribution in [2.75, 3.05) is 0 Å². The highest BCUT2D eigenvalue weighted by molar-refractivity contribution is 7.88. The van der Waals surface area contributed by atoms with E-state index in [2.05, 4.69) is 0 Å². The molecule has 0 atom stereocenters. The molecular formula is C29H24O18S6. The Morgan fingerprint density at radius 2 is 0.774 bits per heavy atom. The molecule has 0 aliphatic rings. The van der Waals surface area contributed by atoms with Crippen LogP contribution in [0.1, 0.15) is 16.7 Å². The van der Waals surface area contributed by atoms with Gasteiger partial charge in [-0.3, -0.25) is 18.2 Å². The van der Waals surface area contributed by atoms with Crippen molar-refractivity contribution >= 4 is 82.3 Å². The van der Waals surface area contributed by atoms with Gasteiger partial charge in [0.25, 0.3) is 40.5 Å². The minimum atomic E-state index is -5.16. The SMILES string of the molecule is Cc1cc(C)c(S(=O)(=O)Oc2ccc3cc(S(=O)(=O)O)cc(S(=O)(=O)O)c3c2)c(C)c1S(=O)(=O)Oc1ccc2cc(S(=O)(=O)O)cc(S(=O)(=O)O)c2c1. The van der Waals surface area contributed by atoms with Crippen LogP contribution in [-0.2, 0) is 60.7 Å². The number of rotatable bonds is 10. The van der Waals surface area contributed by atoms with E-state index in [0.29, 0.717) is 12.1 Å². The number of hydrogen-bond donors (Lipinski definition) is 4. The Hall–Kier alpha value is -4.24. The third kappa shape index (κ3) is 8.01. The van der Waals surface area contributed by atoms with E-state index in [4.69, 9.17) is 8.37 Å². The second-order valence-electron chi connectivity index (χ2n) is 11.4. The number of hydrogen-bond acceptors (Lipinski definition) is 14. The first kappa shape index (κ1) is 40.0. The summed E-state index contributed by atoms with van der Waals surface area (Å²) in [7, 11) is -30.2. The average molecular weight is 853 g/mol. The Morgan fingerprint density at radius 3 is 1.08 bits per heavy atom. The standard InChI is InChI=1S/C29H24O18S6/c1-15-8-16(2)29(53(44,45)47-21-7-5-19-10-23(49(33,34)35)14-27(25(19)12-21)51(39,40)41)17(3)28(15)52(42,43)46-20-6-4-18-9-22(48(30,31)32)13-26(24(18)11-20)50(36,37)38/h4-14H,1-3H3,(H,30,31,32)(H,33,34,35)(H,36,37,38)(H,39,40,41). The molecule has 53 heavy (non-hydrogen) atoms. The Balaban J connectivity index is 1.60. The molecule has 24 heteroatoms. The second-order valence-corrected chi connectivity index (χ2v) is 20.0. The van der Waals surface area contributed by atoms with Gasteiger partial charge in [-0.2, -0.15) is 50.5 Å². The predicted molar refractivity (Wildman–Crippen MR) is 183 cm³/mol. The molecule has 0 aliphatic heterocycles. The van der Waals surface area contributed by atoms with Gasteiger partial charge in [0.1, 0.15) is 31.1 Å². The molecule has 0 spiro atoms. The largest absolute Gasteiger partial charge is 0.379 e. The summed E-state index contributed by atoms with van der Waals surface area (Å²) in [6, 6.07) is 9.44. The van der Waals surface area contributed by atoms with Gasteiger partial charge >= 0.3 is 20.2 Å². The number of fused-ring (bicyclic) bond motifs is 2. The zero-order valence-corrected chi connectivity index (χ0v) is 31.7. The molecule has 0 aliphatic carbocycles. The van der Waals surface area contributed by atoms with E-state index in [-0.39, 0.29) is 21.9 Å². The molecule has 0 bridgehead atoms. The third-order valence-electron chi connectivity index (χ3n) is 7.62. The fourth-order valence-corrected chi connectivity index (χ4v) is 11.1. The quantitative estimate of drug-likeness (QED) is 0.115. The number of aryl methyl sites for hydroxylation is 2. The fraction of sp³-hybridized carbons (Fsp3) is 0.103. The zero-order chi connectivity index (χ0) is 39.9. The first-order valence-corrected chi connectivity index (χ1v) is 22.6. The minimum Gasteiger partial charge on any atom is -0.379 e. The Labute approximate surface area is 302 Å². The van der Waals surface area contributed by atoms with Gasteiger partial charge in [-0.05, 0) is 96.8 Å². The predicted octanol–water partition coefficient (Wildman–Crippen LogP) is 3.44. The second kappa shape index (κ2) is 13.0. The van der Waals surface area contributed by atoms with Crippen molar-refractivity contribution in [2.24, 2.45) is 0 Å². The minimum absolute atomic E-state index is 0.0192. The summed E-state index contributed by atoms with van der Waals surface area (Å²) in [5.74, 6) is -1.13. The lowest BCUT2D eigenvalue weighted by molar-refractivity contribution is 0.477. The van der Waals surface area contributed by atoms with Crippen LogP contribution in [0, 0.1) is 20.8 Å². The lowest BCUT2D eigenvalue weighted by atomic mass is 10.1. The summed E-state index contributed by atoms with van der Waals surface area (Å²) in [5, 5.41) is -1.18. The number of benzene rings is 5. The Bertz CT molecular complexity index is 2890. The Morgan fingerprint density at radius 1 is 0.434 bits per heavy atom. The molecule has 4 N–H and O–H groups in total. The molecule has 284 valence electrons. The summed E-state index contributed by atoms with van der Waals surface area (Å²) in [4.78, 5) is -5.17. The molecule has 0 radical (unpaired) electrons. The summed E-state index contributed by atoms with van der Waals surface area (Å²) < 4.78 is 198. The van der Waals surface area contributed by atoms with Crippen molar-refractivity contribution < 1.29 is 77.1 Å². The van der Waals surface area contributed by atoms with Crippen molar-refractivity contribution in [1.29, 1.82) is 0 Å². The molecule has 0 fully saturated rings. The monoisotopic (exact) mass is 852 g/mol. The molecule has 0 amide bonds. The average Bonchev–Trinajstić information content (AvgIpc) is 2.96. The van der Waals surface area contributed by atoms with Crippen molar-refractivity contribution in [1.82, 2.24) is 0 Å². The normalized spacial score (nSPS) is 13.3. The summed E-state index contributed by atoms with van der Waals surface area (Å²) in [6.45, 7) is 3.72. The molecule has 0 aromatic heterocycles. The molecule has 0 heterocycles. The molecule has 5 aromatic rings. The van der Waals surface area contributed by atoms with Crippen LogP contribution in [-0.4, -0.2) is 68.7 Å². The zero-order valence-electron chi connectivity index (χ0n) is 26.8. The first-order chi connectivity index (χ1) is 24.0. The first-order valence-electron chi connectivity index (χ1n) is 14.1. The van der Waals surface area contributed by atoms with E-state index >= 15 is 0 Å². The van der Waals surface area contributed by atoms with Gasteiger partial charge in [-0.25, -0.2) is 0 Å². The highest BCUT2D eigenvalue weighted by Gasteiger charge is 2.32. The molecule has 18 nitrogen and oxygen atoms in total. The van der Waals surface area contributed by atoms with E-state index in [1.807, 2.05) is 0 Å². The van der Waals surface area contributed by atoms with Gasteiger partial charge < -0.3 is 8.37 Å². The maximum absolute atomic E-state index is 13.7. The van der Waals surface area contributed by atoms with E-state index in [1.54, 1.807) is 0 Å². The smallest absolute Gasteiger partial charge is 0.339 e. The molecule has 5 aromatic carbocycles. The molecule has 0 unspecified atom stereocenters. The van der Waals surface area contributed by atoms with Crippen molar-refractivity contribution in [2.45, 2.75) is 50.1 Å². The lowest BCUT2D eigenvalue weighted by Crippen LogP contribution is -2.19. The van der Waals surface area contributed by atoms with Crippen LogP contribution in [0.4, 0.5) is 0 Å². The van der Waals surface area contributed by atoms with E-state index in [0.717, 1.165) is 55.5 Å². The van der Waals surface area contributed by atoms with Crippen LogP contribution in [0.15, 0.2) is 96.1 Å². The van der Waals surface area contributed by atoms with Crippen molar-refractivity contribution in [3.05, 3.63) is 83.4 Å². The lowest BCUT2D eigenvalue weighted by Gasteiger charge is -2.18. The van der Waals surface area contributed by atoms with Gasteiger partial charge in [-0.1, -0.05) is 18.2 Å². The van der Waals surface area contributed by atoms with Crippen LogP contribution < -0.4 is 8.37 Å². The summed E-state index contributed by atoms with van der Waals surface area (Å²) in [5.41, 5.74) is -0.458. The topological polar surface area (TPSA) is 304 Å². The maximum Gasteiger partial charge on any atom is 0.339 e. The third-order valence-corrected chi connectivity index (χ3v) is 14.1. The highest BCUT2D eigenvalue weighted by atomic mass is 32.2. The maximum atomic E-state index is 13.7. The van der Waals surface area contributed by atoms with Gasteiger partial charge in [0.2, 0.25) is 0 Å². The van der Waals surface area contributed by atoms with Gasteiger partial charge in [-0.15, -0.1) is 0 Å². The van der Waals surface area contributed by atoms with E-state index in [1.165, 1.54) is 19.9 Å². The van der Waals surface area contributed by atoms with E-state index < -0.39 is 118 Å².